The minimum absolute atomic E-state index is 0.365. The van der Waals surface area contributed by atoms with Crippen molar-refractivity contribution < 1.29 is 9.59 Å². The minimum Gasteiger partial charge on any atom is -0.381 e. The van der Waals surface area contributed by atoms with Gasteiger partial charge in [-0.1, -0.05) is 29.3 Å². The summed E-state index contributed by atoms with van der Waals surface area (Å²) in [4.78, 5) is 23.1. The molecule has 2 amide bonds. The Hall–Kier alpha value is -2.04. The van der Waals surface area contributed by atoms with E-state index < -0.39 is 0 Å². The number of halogens is 2. The lowest BCUT2D eigenvalue weighted by molar-refractivity contribution is 0.0879. The van der Waals surface area contributed by atoms with Crippen molar-refractivity contribution in [3.05, 3.63) is 63.1 Å². The van der Waals surface area contributed by atoms with Crippen LogP contribution >= 0.6 is 23.2 Å². The molecule has 6 heteroatoms. The highest BCUT2D eigenvalue weighted by Crippen LogP contribution is 2.26. The van der Waals surface area contributed by atoms with Crippen LogP contribution in [0, 0.1) is 0 Å². The number of nitrogens with one attached hydrogen (secondary N) is 2. The lowest BCUT2D eigenvalue weighted by Crippen LogP contribution is -2.19. The van der Waals surface area contributed by atoms with E-state index in [2.05, 4.69) is 10.6 Å². The zero-order valence-corrected chi connectivity index (χ0v) is 12.3. The van der Waals surface area contributed by atoms with Crippen LogP contribution < -0.4 is 10.6 Å². The summed E-state index contributed by atoms with van der Waals surface area (Å²) < 4.78 is 0. The molecule has 21 heavy (non-hydrogen) atoms. The molecule has 106 valence electrons. The summed E-state index contributed by atoms with van der Waals surface area (Å²) in [6, 6.07) is 10.3. The van der Waals surface area contributed by atoms with Crippen LogP contribution in [-0.4, -0.2) is 11.8 Å². The number of imide groups is 1. The predicted molar refractivity (Wildman–Crippen MR) is 82.0 cm³/mol. The van der Waals surface area contributed by atoms with E-state index in [9.17, 15) is 9.59 Å². The van der Waals surface area contributed by atoms with E-state index in [0.717, 1.165) is 11.3 Å². The van der Waals surface area contributed by atoms with Gasteiger partial charge in [0.05, 0.1) is 11.1 Å². The van der Waals surface area contributed by atoms with E-state index in [1.165, 1.54) is 0 Å². The smallest absolute Gasteiger partial charge is 0.259 e. The highest BCUT2D eigenvalue weighted by atomic mass is 35.5. The molecule has 2 aromatic carbocycles. The summed E-state index contributed by atoms with van der Waals surface area (Å²) >= 11 is 12.2. The number of carbonyl (C=O) groups is 2. The second-order valence-electron chi connectivity index (χ2n) is 4.60. The maximum Gasteiger partial charge on any atom is 0.259 e. The van der Waals surface area contributed by atoms with Gasteiger partial charge in [-0.05, 0) is 30.3 Å². The van der Waals surface area contributed by atoms with Crippen LogP contribution in [0.3, 0.4) is 0 Å². The van der Waals surface area contributed by atoms with Crippen molar-refractivity contribution in [1.29, 1.82) is 0 Å². The van der Waals surface area contributed by atoms with E-state index in [4.69, 9.17) is 23.2 Å². The van der Waals surface area contributed by atoms with Gasteiger partial charge < -0.3 is 5.32 Å². The quantitative estimate of drug-likeness (QED) is 0.851. The van der Waals surface area contributed by atoms with Crippen molar-refractivity contribution in [2.45, 2.75) is 6.54 Å². The monoisotopic (exact) mass is 320 g/mol. The van der Waals surface area contributed by atoms with Crippen LogP contribution in [0.15, 0.2) is 36.4 Å². The molecule has 1 aliphatic heterocycles. The molecule has 0 saturated carbocycles. The standard InChI is InChI=1S/C15H10Cl2N2O2/c16-12-2-1-3-13(17)11(12)7-18-8-4-5-9-10(6-8)15(21)19-14(9)20/h1-6,18H,7H2,(H,19,20,21). The maximum absolute atomic E-state index is 11.6. The summed E-state index contributed by atoms with van der Waals surface area (Å²) in [5.41, 5.74) is 2.26. The average Bonchev–Trinajstić information content (AvgIpc) is 2.73. The summed E-state index contributed by atoms with van der Waals surface area (Å²) in [5, 5.41) is 6.55. The summed E-state index contributed by atoms with van der Waals surface area (Å²) in [6.45, 7) is 0.423. The molecule has 0 spiro atoms. The number of carbonyl (C=O) groups excluding carboxylic acids is 2. The molecule has 0 fully saturated rings. The lowest BCUT2D eigenvalue weighted by Gasteiger charge is -2.10. The van der Waals surface area contributed by atoms with E-state index in [1.54, 1.807) is 36.4 Å². The van der Waals surface area contributed by atoms with Crippen LogP contribution in [0.5, 0.6) is 0 Å². The fourth-order valence-electron chi connectivity index (χ4n) is 2.17. The van der Waals surface area contributed by atoms with Crippen LogP contribution in [0.1, 0.15) is 26.3 Å². The normalized spacial score (nSPS) is 13.0. The van der Waals surface area contributed by atoms with Gasteiger partial charge in [0, 0.05) is 27.8 Å². The number of hydrogen-bond acceptors (Lipinski definition) is 3. The number of amides is 2. The Morgan fingerprint density at radius 3 is 2.33 bits per heavy atom. The SMILES string of the molecule is O=C1NC(=O)c2cc(NCc3c(Cl)cccc3Cl)ccc21. The predicted octanol–water partition coefficient (Wildman–Crippen LogP) is 3.49. The lowest BCUT2D eigenvalue weighted by atomic mass is 10.1. The van der Waals surface area contributed by atoms with E-state index >= 15 is 0 Å². The third-order valence-corrected chi connectivity index (χ3v) is 3.98. The van der Waals surface area contributed by atoms with Gasteiger partial charge in [0.25, 0.3) is 11.8 Å². The minimum atomic E-state index is -0.380. The fraction of sp³-hybridized carbons (Fsp3) is 0.0667. The molecule has 4 nitrogen and oxygen atoms in total. The van der Waals surface area contributed by atoms with E-state index in [0.29, 0.717) is 27.7 Å². The van der Waals surface area contributed by atoms with Crippen molar-refractivity contribution in [3.8, 4) is 0 Å². The molecule has 0 atom stereocenters. The molecular weight excluding hydrogens is 311 g/mol. The Balaban J connectivity index is 1.82. The topological polar surface area (TPSA) is 58.2 Å². The first kappa shape index (κ1) is 13.9. The van der Waals surface area contributed by atoms with E-state index in [1.807, 2.05) is 0 Å². The maximum atomic E-state index is 11.6. The molecule has 3 rings (SSSR count). The van der Waals surface area contributed by atoms with Gasteiger partial charge in [-0.2, -0.15) is 0 Å². The first-order valence-electron chi connectivity index (χ1n) is 6.23. The Kier molecular flexibility index (Phi) is 3.57. The van der Waals surface area contributed by atoms with Crippen molar-refractivity contribution >= 4 is 40.7 Å². The number of fused-ring (bicyclic) bond motifs is 1. The zero-order valence-electron chi connectivity index (χ0n) is 10.7. The van der Waals surface area contributed by atoms with Gasteiger partial charge in [0.2, 0.25) is 0 Å². The Morgan fingerprint density at radius 1 is 0.952 bits per heavy atom. The van der Waals surface area contributed by atoms with Crippen LogP contribution in [-0.2, 0) is 6.54 Å². The molecule has 0 radical (unpaired) electrons. The first-order chi connectivity index (χ1) is 10.1. The van der Waals surface area contributed by atoms with Crippen LogP contribution in [0.4, 0.5) is 5.69 Å². The summed E-state index contributed by atoms with van der Waals surface area (Å²) in [5.74, 6) is -0.745. The highest BCUT2D eigenvalue weighted by molar-refractivity contribution is 6.36. The van der Waals surface area contributed by atoms with Gasteiger partial charge in [-0.15, -0.1) is 0 Å². The van der Waals surface area contributed by atoms with Gasteiger partial charge in [0.15, 0.2) is 0 Å². The average molecular weight is 321 g/mol. The Morgan fingerprint density at radius 2 is 1.62 bits per heavy atom. The van der Waals surface area contributed by atoms with Gasteiger partial charge in [0.1, 0.15) is 0 Å². The molecular formula is C15H10Cl2N2O2. The van der Waals surface area contributed by atoms with E-state index in [-0.39, 0.29) is 11.8 Å². The fourth-order valence-corrected chi connectivity index (χ4v) is 2.70. The molecule has 0 bridgehead atoms. The zero-order chi connectivity index (χ0) is 15.0. The second kappa shape index (κ2) is 5.39. The number of rotatable bonds is 3. The molecule has 2 aromatic rings. The molecule has 2 N–H and O–H groups in total. The molecule has 1 aliphatic rings. The third kappa shape index (κ3) is 2.60. The molecule has 1 heterocycles. The Bertz CT molecular complexity index is 739. The third-order valence-electron chi connectivity index (χ3n) is 3.27. The molecule has 0 unspecified atom stereocenters. The largest absolute Gasteiger partial charge is 0.381 e. The molecule has 0 aliphatic carbocycles. The van der Waals surface area contributed by atoms with Crippen molar-refractivity contribution in [3.63, 3.8) is 0 Å². The molecule has 0 aromatic heterocycles. The van der Waals surface area contributed by atoms with Crippen molar-refractivity contribution in [1.82, 2.24) is 5.32 Å². The van der Waals surface area contributed by atoms with Crippen LogP contribution in [0.2, 0.25) is 10.0 Å². The number of benzene rings is 2. The second-order valence-corrected chi connectivity index (χ2v) is 5.41. The highest BCUT2D eigenvalue weighted by Gasteiger charge is 2.26. The van der Waals surface area contributed by atoms with Crippen molar-refractivity contribution in [2.24, 2.45) is 0 Å². The van der Waals surface area contributed by atoms with Gasteiger partial charge in [-0.25, -0.2) is 0 Å². The van der Waals surface area contributed by atoms with Gasteiger partial charge >= 0.3 is 0 Å². The van der Waals surface area contributed by atoms with Crippen LogP contribution in [0.25, 0.3) is 0 Å². The Labute approximate surface area is 131 Å². The molecule has 0 saturated heterocycles. The summed E-state index contributed by atoms with van der Waals surface area (Å²) in [6.07, 6.45) is 0. The number of hydrogen-bond donors (Lipinski definition) is 2. The van der Waals surface area contributed by atoms with Crippen molar-refractivity contribution in [2.75, 3.05) is 5.32 Å². The van der Waals surface area contributed by atoms with Gasteiger partial charge in [-0.3, -0.25) is 14.9 Å². The summed E-state index contributed by atoms with van der Waals surface area (Å²) in [7, 11) is 0. The number of anilines is 1. The first-order valence-corrected chi connectivity index (χ1v) is 6.98.